The van der Waals surface area contributed by atoms with Crippen LogP contribution in [0, 0.1) is 10.1 Å². The molecule has 1 fully saturated rings. The highest BCUT2D eigenvalue weighted by Gasteiger charge is 2.26. The Morgan fingerprint density at radius 3 is 2.59 bits per heavy atom. The molecule has 7 heteroatoms. The van der Waals surface area contributed by atoms with E-state index in [-0.39, 0.29) is 33.2 Å². The third-order valence-electron chi connectivity index (χ3n) is 2.38. The van der Waals surface area contributed by atoms with Gasteiger partial charge in [0.15, 0.2) is 0 Å². The number of hydrogen-bond acceptors (Lipinski definition) is 3. The van der Waals surface area contributed by atoms with Gasteiger partial charge >= 0.3 is 0 Å². The molecule has 0 spiro atoms. The number of amides is 1. The number of nitro benzene ring substituents is 1. The number of nitrogens with one attached hydrogen (secondary N) is 1. The van der Waals surface area contributed by atoms with Crippen molar-refractivity contribution in [3.8, 4) is 0 Å². The molecule has 1 aromatic carbocycles. The van der Waals surface area contributed by atoms with Gasteiger partial charge in [-0.3, -0.25) is 14.9 Å². The molecule has 1 aliphatic rings. The van der Waals surface area contributed by atoms with Gasteiger partial charge in [-0.15, -0.1) is 0 Å². The Hall–Kier alpha value is -1.33. The summed E-state index contributed by atoms with van der Waals surface area (Å²) in [5.74, 6) is -0.367. The van der Waals surface area contributed by atoms with Gasteiger partial charge in [-0.1, -0.05) is 23.2 Å². The van der Waals surface area contributed by atoms with Gasteiger partial charge in [0, 0.05) is 17.7 Å². The fraction of sp³-hybridized carbons (Fsp3) is 0.300. The van der Waals surface area contributed by atoms with E-state index in [4.69, 9.17) is 23.2 Å². The Morgan fingerprint density at radius 1 is 1.41 bits per heavy atom. The SMILES string of the molecule is O=C(NC1CC1)c1cc(Cl)c(Cl)c([N+](=O)[O-])c1. The van der Waals surface area contributed by atoms with Crippen molar-refractivity contribution in [1.29, 1.82) is 0 Å². The van der Waals surface area contributed by atoms with Gasteiger partial charge < -0.3 is 5.32 Å². The first-order chi connectivity index (χ1) is 7.99. The zero-order chi connectivity index (χ0) is 12.6. The quantitative estimate of drug-likeness (QED) is 0.681. The number of nitro groups is 1. The average molecular weight is 275 g/mol. The summed E-state index contributed by atoms with van der Waals surface area (Å²) >= 11 is 11.4. The first kappa shape index (κ1) is 12.1. The van der Waals surface area contributed by atoms with Crippen LogP contribution < -0.4 is 5.32 Å². The summed E-state index contributed by atoms with van der Waals surface area (Å²) in [6.07, 6.45) is 1.88. The molecule has 0 unspecified atom stereocenters. The summed E-state index contributed by atoms with van der Waals surface area (Å²) in [6.45, 7) is 0. The van der Waals surface area contributed by atoms with Crippen LogP contribution in [0.1, 0.15) is 23.2 Å². The number of halogens is 2. The third kappa shape index (κ3) is 2.68. The molecule has 17 heavy (non-hydrogen) atoms. The lowest BCUT2D eigenvalue weighted by Crippen LogP contribution is -2.25. The highest BCUT2D eigenvalue weighted by Crippen LogP contribution is 2.33. The Labute approximate surface area is 107 Å². The second-order valence-electron chi connectivity index (χ2n) is 3.80. The lowest BCUT2D eigenvalue weighted by atomic mass is 10.2. The Balaban J connectivity index is 2.33. The van der Waals surface area contributed by atoms with E-state index >= 15 is 0 Å². The van der Waals surface area contributed by atoms with Crippen LogP contribution in [0.15, 0.2) is 12.1 Å². The maximum absolute atomic E-state index is 11.7. The molecule has 5 nitrogen and oxygen atoms in total. The average Bonchev–Trinajstić information content (AvgIpc) is 3.05. The maximum Gasteiger partial charge on any atom is 0.290 e. The van der Waals surface area contributed by atoms with Crippen LogP contribution in [0.2, 0.25) is 10.0 Å². The molecule has 0 aliphatic heterocycles. The van der Waals surface area contributed by atoms with Crippen LogP contribution in [0.5, 0.6) is 0 Å². The van der Waals surface area contributed by atoms with Crippen molar-refractivity contribution >= 4 is 34.8 Å². The van der Waals surface area contributed by atoms with Gasteiger partial charge in [-0.25, -0.2) is 0 Å². The van der Waals surface area contributed by atoms with Gasteiger partial charge in [0.2, 0.25) is 0 Å². The molecule has 2 rings (SSSR count). The van der Waals surface area contributed by atoms with E-state index in [2.05, 4.69) is 5.32 Å². The van der Waals surface area contributed by atoms with Gasteiger partial charge in [0.1, 0.15) is 5.02 Å². The predicted molar refractivity (Wildman–Crippen MR) is 63.6 cm³/mol. The molecule has 1 N–H and O–H groups in total. The molecule has 1 aromatic rings. The monoisotopic (exact) mass is 274 g/mol. The molecule has 0 bridgehead atoms. The van der Waals surface area contributed by atoms with Gasteiger partial charge in [0.25, 0.3) is 11.6 Å². The minimum Gasteiger partial charge on any atom is -0.349 e. The van der Waals surface area contributed by atoms with Crippen LogP contribution >= 0.6 is 23.2 Å². The smallest absolute Gasteiger partial charge is 0.290 e. The highest BCUT2D eigenvalue weighted by atomic mass is 35.5. The molecule has 1 amide bonds. The molecular formula is C10H8Cl2N2O3. The second-order valence-corrected chi connectivity index (χ2v) is 4.58. The fourth-order valence-electron chi connectivity index (χ4n) is 1.33. The number of hydrogen-bond donors (Lipinski definition) is 1. The van der Waals surface area contributed by atoms with Gasteiger partial charge in [0.05, 0.1) is 9.95 Å². The number of carbonyl (C=O) groups excluding carboxylic acids is 1. The molecule has 0 saturated heterocycles. The number of carbonyl (C=O) groups is 1. The van der Waals surface area contributed by atoms with Crippen LogP contribution in [-0.2, 0) is 0 Å². The summed E-state index contributed by atoms with van der Waals surface area (Å²) in [7, 11) is 0. The van der Waals surface area contributed by atoms with Crippen LogP contribution in [0.4, 0.5) is 5.69 Å². The lowest BCUT2D eigenvalue weighted by Gasteiger charge is -2.05. The number of rotatable bonds is 3. The van der Waals surface area contributed by atoms with Crippen molar-refractivity contribution < 1.29 is 9.72 Å². The maximum atomic E-state index is 11.7. The van der Waals surface area contributed by atoms with Crippen molar-refractivity contribution in [3.63, 3.8) is 0 Å². The summed E-state index contributed by atoms with van der Waals surface area (Å²) in [5.41, 5.74) is -0.210. The highest BCUT2D eigenvalue weighted by molar-refractivity contribution is 6.43. The summed E-state index contributed by atoms with van der Waals surface area (Å²) in [6, 6.07) is 2.64. The van der Waals surface area contributed by atoms with Gasteiger partial charge in [-0.2, -0.15) is 0 Å². The normalized spacial score (nSPS) is 14.5. The van der Waals surface area contributed by atoms with Crippen molar-refractivity contribution in [3.05, 3.63) is 37.9 Å². The summed E-state index contributed by atoms with van der Waals surface area (Å²) < 4.78 is 0. The summed E-state index contributed by atoms with van der Waals surface area (Å²) in [4.78, 5) is 21.7. The largest absolute Gasteiger partial charge is 0.349 e. The molecule has 0 radical (unpaired) electrons. The molecule has 1 aliphatic carbocycles. The van der Waals surface area contributed by atoms with Crippen molar-refractivity contribution in [2.45, 2.75) is 18.9 Å². The number of benzene rings is 1. The van der Waals surface area contributed by atoms with E-state index in [1.54, 1.807) is 0 Å². The molecule has 0 heterocycles. The van der Waals surface area contributed by atoms with E-state index < -0.39 is 4.92 Å². The molecule has 0 aromatic heterocycles. The predicted octanol–water partition coefficient (Wildman–Crippen LogP) is 2.79. The zero-order valence-corrected chi connectivity index (χ0v) is 10.1. The van der Waals surface area contributed by atoms with Gasteiger partial charge in [-0.05, 0) is 18.9 Å². The molecule has 0 atom stereocenters. The molecule has 90 valence electrons. The van der Waals surface area contributed by atoms with E-state index in [0.717, 1.165) is 18.9 Å². The Morgan fingerprint density at radius 2 is 2.06 bits per heavy atom. The molecular weight excluding hydrogens is 267 g/mol. The first-order valence-electron chi connectivity index (χ1n) is 4.93. The fourth-order valence-corrected chi connectivity index (χ4v) is 1.73. The van der Waals surface area contributed by atoms with E-state index in [1.165, 1.54) is 6.07 Å². The van der Waals surface area contributed by atoms with Crippen molar-refractivity contribution in [1.82, 2.24) is 5.32 Å². The lowest BCUT2D eigenvalue weighted by molar-refractivity contribution is -0.384. The summed E-state index contributed by atoms with van der Waals surface area (Å²) in [5, 5.41) is 13.3. The standard InChI is InChI=1S/C10H8Cl2N2O3/c11-7-3-5(10(15)13-6-1-2-6)4-8(9(7)12)14(16)17/h3-4,6H,1-2H2,(H,13,15). The van der Waals surface area contributed by atoms with E-state index in [9.17, 15) is 14.9 Å². The third-order valence-corrected chi connectivity index (χ3v) is 3.17. The van der Waals surface area contributed by atoms with E-state index in [0.29, 0.717) is 0 Å². The van der Waals surface area contributed by atoms with Crippen LogP contribution in [0.25, 0.3) is 0 Å². The first-order valence-corrected chi connectivity index (χ1v) is 5.69. The van der Waals surface area contributed by atoms with E-state index in [1.807, 2.05) is 0 Å². The van der Waals surface area contributed by atoms with Crippen molar-refractivity contribution in [2.75, 3.05) is 0 Å². The van der Waals surface area contributed by atoms with Crippen molar-refractivity contribution in [2.24, 2.45) is 0 Å². The second kappa shape index (κ2) is 4.50. The minimum atomic E-state index is -0.665. The Bertz CT molecular complexity index is 501. The Kier molecular flexibility index (Phi) is 3.22. The van der Waals surface area contributed by atoms with Crippen LogP contribution in [0.3, 0.4) is 0 Å². The topological polar surface area (TPSA) is 72.2 Å². The zero-order valence-electron chi connectivity index (χ0n) is 8.57. The number of nitrogens with zero attached hydrogens (tertiary/aromatic N) is 1. The minimum absolute atomic E-state index is 0.00168. The van der Waals surface area contributed by atoms with Crippen LogP contribution in [-0.4, -0.2) is 16.9 Å². The molecule has 1 saturated carbocycles.